The molecule has 34 heavy (non-hydrogen) atoms. The van der Waals surface area contributed by atoms with E-state index in [2.05, 4.69) is 5.32 Å². The molecule has 2 aliphatic heterocycles. The van der Waals surface area contributed by atoms with E-state index in [9.17, 15) is 22.8 Å². The summed E-state index contributed by atoms with van der Waals surface area (Å²) in [7, 11) is -2.16. The lowest BCUT2D eigenvalue weighted by molar-refractivity contribution is -0.131. The van der Waals surface area contributed by atoms with Gasteiger partial charge >= 0.3 is 5.97 Å². The number of benzene rings is 1. The third-order valence-corrected chi connectivity index (χ3v) is 8.12. The Morgan fingerprint density at radius 1 is 1.15 bits per heavy atom. The van der Waals surface area contributed by atoms with Crippen molar-refractivity contribution in [2.24, 2.45) is 7.05 Å². The predicted molar refractivity (Wildman–Crippen MR) is 125 cm³/mol. The van der Waals surface area contributed by atoms with Gasteiger partial charge in [-0.15, -0.1) is 0 Å². The van der Waals surface area contributed by atoms with Crippen LogP contribution in [0.3, 0.4) is 0 Å². The van der Waals surface area contributed by atoms with Crippen molar-refractivity contribution in [3.8, 4) is 0 Å². The predicted octanol–water partition coefficient (Wildman–Crippen LogP) is 2.12. The van der Waals surface area contributed by atoms with Gasteiger partial charge in [0.2, 0.25) is 15.9 Å². The quantitative estimate of drug-likeness (QED) is 0.644. The minimum atomic E-state index is -3.71. The molecule has 2 aliphatic rings. The molecule has 0 radical (unpaired) electrons. The van der Waals surface area contributed by atoms with Crippen LogP contribution in [0.4, 0.5) is 11.4 Å². The Morgan fingerprint density at radius 3 is 2.47 bits per heavy atom. The number of carbonyl (C=O) groups is 3. The van der Waals surface area contributed by atoms with Gasteiger partial charge in [-0.2, -0.15) is 4.31 Å². The number of fused-ring (bicyclic) bond motifs is 1. The van der Waals surface area contributed by atoms with Gasteiger partial charge in [0, 0.05) is 26.3 Å². The van der Waals surface area contributed by atoms with Gasteiger partial charge in [-0.3, -0.25) is 14.5 Å². The Balaban J connectivity index is 1.56. The highest BCUT2D eigenvalue weighted by Crippen LogP contribution is 2.37. The summed E-state index contributed by atoms with van der Waals surface area (Å²) in [5.74, 6) is -1.77. The third kappa shape index (κ3) is 3.98. The largest absolute Gasteiger partial charge is 0.448 e. The second kappa shape index (κ2) is 8.55. The van der Waals surface area contributed by atoms with Gasteiger partial charge < -0.3 is 14.6 Å². The van der Waals surface area contributed by atoms with Crippen molar-refractivity contribution in [1.82, 2.24) is 8.87 Å². The smallest absolute Gasteiger partial charge is 0.355 e. The van der Waals surface area contributed by atoms with E-state index >= 15 is 0 Å². The first kappa shape index (κ1) is 24.0. The van der Waals surface area contributed by atoms with Crippen molar-refractivity contribution >= 4 is 39.2 Å². The molecule has 2 aromatic rings. The van der Waals surface area contributed by atoms with Crippen LogP contribution in [0.1, 0.15) is 44.1 Å². The van der Waals surface area contributed by atoms with Crippen LogP contribution in [0.15, 0.2) is 41.4 Å². The number of amides is 2. The third-order valence-electron chi connectivity index (χ3n) is 6.25. The van der Waals surface area contributed by atoms with E-state index in [-0.39, 0.29) is 16.5 Å². The number of hydrogen-bond donors (Lipinski definition) is 1. The average Bonchev–Trinajstić information content (AvgIpc) is 3.45. The molecule has 3 heterocycles. The topological polar surface area (TPSA) is 118 Å². The summed E-state index contributed by atoms with van der Waals surface area (Å²) in [6, 6.07) is 8.14. The number of ether oxygens (including phenoxy) is 1. The number of sulfonamides is 1. The van der Waals surface area contributed by atoms with E-state index in [0.717, 1.165) is 12.8 Å². The van der Waals surface area contributed by atoms with Crippen molar-refractivity contribution in [1.29, 1.82) is 0 Å². The van der Waals surface area contributed by atoms with Crippen LogP contribution in [-0.2, 0) is 31.4 Å². The number of aryl methyl sites for hydroxylation is 1. The molecule has 0 unspecified atom stereocenters. The van der Waals surface area contributed by atoms with E-state index in [1.165, 1.54) is 33.0 Å². The molecule has 1 saturated heterocycles. The number of aromatic nitrogens is 1. The Bertz CT molecular complexity index is 1260. The van der Waals surface area contributed by atoms with Gasteiger partial charge in [-0.1, -0.05) is 12.1 Å². The fourth-order valence-electron chi connectivity index (χ4n) is 4.26. The Labute approximate surface area is 198 Å². The summed E-state index contributed by atoms with van der Waals surface area (Å²) in [5, 5.41) is 2.78. The van der Waals surface area contributed by atoms with E-state index in [4.69, 9.17) is 4.74 Å². The number of nitrogens with one attached hydrogen (secondary N) is 1. The molecule has 1 fully saturated rings. The van der Waals surface area contributed by atoms with Crippen LogP contribution >= 0.6 is 0 Å². The van der Waals surface area contributed by atoms with Crippen LogP contribution < -0.4 is 10.2 Å². The maximum absolute atomic E-state index is 13.4. The molecule has 0 spiro atoms. The molecule has 10 nitrogen and oxygen atoms in total. The first-order chi connectivity index (χ1) is 15.9. The summed E-state index contributed by atoms with van der Waals surface area (Å²) in [6.45, 7) is 5.54. The number of nitrogens with zero attached hydrogens (tertiary/aromatic N) is 3. The minimum absolute atomic E-state index is 0.00518. The van der Waals surface area contributed by atoms with E-state index in [0.29, 0.717) is 24.5 Å². The molecule has 1 aromatic heterocycles. The molecular weight excluding hydrogens is 460 g/mol. The summed E-state index contributed by atoms with van der Waals surface area (Å²) in [4.78, 5) is 40.2. The van der Waals surface area contributed by atoms with Gasteiger partial charge in [0.25, 0.3) is 5.91 Å². The highest BCUT2D eigenvalue weighted by Gasteiger charge is 2.45. The molecule has 1 atom stereocenters. The Hall–Kier alpha value is -3.18. The maximum Gasteiger partial charge on any atom is 0.355 e. The molecule has 4 rings (SSSR count). The zero-order valence-corrected chi connectivity index (χ0v) is 20.4. The van der Waals surface area contributed by atoms with Crippen LogP contribution in [0, 0.1) is 0 Å². The number of rotatable bonds is 5. The van der Waals surface area contributed by atoms with Crippen molar-refractivity contribution in [3.63, 3.8) is 0 Å². The van der Waals surface area contributed by atoms with Gasteiger partial charge in [0.05, 0.1) is 11.4 Å². The van der Waals surface area contributed by atoms with E-state index < -0.39 is 33.5 Å². The van der Waals surface area contributed by atoms with Crippen LogP contribution in [0.2, 0.25) is 0 Å². The molecule has 2 amide bonds. The highest BCUT2D eigenvalue weighted by atomic mass is 32.2. The van der Waals surface area contributed by atoms with Gasteiger partial charge in [-0.05, 0) is 51.8 Å². The Kier molecular flexibility index (Phi) is 6.03. The zero-order valence-electron chi connectivity index (χ0n) is 19.6. The SMILES string of the molecule is C[C@@H](OC(=O)c1cc(S(=O)(=O)N2CCCC2)cn1C)C(=O)N1c2ccccc2NC(=O)C1(C)C. The molecule has 182 valence electrons. The summed E-state index contributed by atoms with van der Waals surface area (Å²) in [5.41, 5.74) is -0.224. The van der Waals surface area contributed by atoms with E-state index in [1.807, 2.05) is 0 Å². The van der Waals surface area contributed by atoms with Gasteiger partial charge in [-0.25, -0.2) is 13.2 Å². The molecule has 0 bridgehead atoms. The van der Waals surface area contributed by atoms with Crippen molar-refractivity contribution < 1.29 is 27.5 Å². The lowest BCUT2D eigenvalue weighted by Gasteiger charge is -2.42. The molecule has 1 aromatic carbocycles. The second-order valence-electron chi connectivity index (χ2n) is 9.03. The molecule has 0 aliphatic carbocycles. The number of esters is 1. The van der Waals surface area contributed by atoms with E-state index in [1.54, 1.807) is 45.2 Å². The molecule has 0 saturated carbocycles. The Morgan fingerprint density at radius 2 is 1.79 bits per heavy atom. The van der Waals surface area contributed by atoms with Gasteiger partial charge in [0.1, 0.15) is 16.1 Å². The van der Waals surface area contributed by atoms with Crippen molar-refractivity contribution in [2.45, 2.75) is 50.2 Å². The zero-order chi connectivity index (χ0) is 24.8. The highest BCUT2D eigenvalue weighted by molar-refractivity contribution is 7.89. The molecule has 1 N–H and O–H groups in total. The number of anilines is 2. The second-order valence-corrected chi connectivity index (χ2v) is 11.0. The molecular formula is C23H28N4O6S. The van der Waals surface area contributed by atoms with Gasteiger partial charge in [0.15, 0.2) is 6.10 Å². The van der Waals surface area contributed by atoms with Crippen molar-refractivity contribution in [3.05, 3.63) is 42.2 Å². The van der Waals surface area contributed by atoms with Crippen LogP contribution in [-0.4, -0.2) is 59.8 Å². The monoisotopic (exact) mass is 488 g/mol. The van der Waals surface area contributed by atoms with Crippen LogP contribution in [0.25, 0.3) is 0 Å². The normalized spacial score (nSPS) is 18.8. The fourth-order valence-corrected chi connectivity index (χ4v) is 5.84. The van der Waals surface area contributed by atoms with Crippen LogP contribution in [0.5, 0.6) is 0 Å². The lowest BCUT2D eigenvalue weighted by atomic mass is 9.95. The lowest BCUT2D eigenvalue weighted by Crippen LogP contribution is -2.60. The van der Waals surface area contributed by atoms with Crippen molar-refractivity contribution in [2.75, 3.05) is 23.3 Å². The average molecular weight is 489 g/mol. The summed E-state index contributed by atoms with van der Waals surface area (Å²) in [6.07, 6.45) is 1.74. The summed E-state index contributed by atoms with van der Waals surface area (Å²) < 4.78 is 33.9. The first-order valence-electron chi connectivity index (χ1n) is 11.1. The summed E-state index contributed by atoms with van der Waals surface area (Å²) >= 11 is 0. The first-order valence-corrected chi connectivity index (χ1v) is 12.5. The number of carbonyl (C=O) groups excluding carboxylic acids is 3. The maximum atomic E-state index is 13.4. The molecule has 11 heteroatoms. The number of hydrogen-bond acceptors (Lipinski definition) is 6. The number of para-hydroxylation sites is 2. The fraction of sp³-hybridized carbons (Fsp3) is 0.435. The minimum Gasteiger partial charge on any atom is -0.448 e. The standard InChI is InChI=1S/C23H28N4O6S/c1-15(20(28)27-18-10-6-5-9-17(18)24-22(30)23(27,2)3)33-21(29)19-13-16(14-25(19)4)34(31,32)26-11-7-8-12-26/h5-6,9-10,13-15H,7-8,11-12H2,1-4H3,(H,24,30)/t15-/m1/s1.